The molecule has 2 amide bonds. The third-order valence-corrected chi connectivity index (χ3v) is 5.92. The van der Waals surface area contributed by atoms with E-state index in [1.54, 1.807) is 37.3 Å². The minimum Gasteiger partial charge on any atom is -0.466 e. The van der Waals surface area contributed by atoms with Crippen molar-refractivity contribution in [3.63, 3.8) is 0 Å². The quantitative estimate of drug-likeness (QED) is 0.192. The fraction of sp³-hybridized carbons (Fsp3) is 0.310. The zero-order valence-corrected chi connectivity index (χ0v) is 22.5. The smallest absolute Gasteiger partial charge is 0.466 e. The van der Waals surface area contributed by atoms with E-state index in [4.69, 9.17) is 4.74 Å². The maximum absolute atomic E-state index is 13.4. The Bertz CT molecular complexity index is 1290. The molecule has 3 aromatic rings. The molecular formula is C29H28F6N2O5. The van der Waals surface area contributed by atoms with Crippen molar-refractivity contribution in [2.75, 3.05) is 6.61 Å². The Hall–Kier alpha value is -4.42. The standard InChI is InChI=1S/C29H28F6N2O5/c1-3-40-25(38)15-19(2)36-26(39)37-27(18-20-9-5-4-6-10-20,21-11-7-13-23(16-21)41-28(30,31)32)22-12-8-14-24(17-22)42-29(33,34)35/h4-14,16-17,19H,3,15,18H2,1-2H3,(H2,36,37,39). The van der Waals surface area contributed by atoms with Gasteiger partial charge < -0.3 is 24.8 Å². The summed E-state index contributed by atoms with van der Waals surface area (Å²) >= 11 is 0. The summed E-state index contributed by atoms with van der Waals surface area (Å²) in [5.74, 6) is -1.80. The van der Waals surface area contributed by atoms with Gasteiger partial charge in [0.2, 0.25) is 0 Å². The molecule has 3 rings (SSSR count). The highest BCUT2D eigenvalue weighted by Crippen LogP contribution is 2.38. The van der Waals surface area contributed by atoms with Gasteiger partial charge in [-0.3, -0.25) is 4.79 Å². The molecule has 13 heteroatoms. The highest BCUT2D eigenvalue weighted by molar-refractivity contribution is 5.78. The predicted octanol–water partition coefficient (Wildman–Crippen LogP) is 6.61. The lowest BCUT2D eigenvalue weighted by Crippen LogP contribution is -2.53. The SMILES string of the molecule is CCOC(=O)CC(C)NC(=O)NC(Cc1ccccc1)(c1cccc(OC(F)(F)F)c1)c1cccc(OC(F)(F)F)c1. The molecule has 42 heavy (non-hydrogen) atoms. The molecule has 0 saturated heterocycles. The summed E-state index contributed by atoms with van der Waals surface area (Å²) in [6.07, 6.45) is -10.4. The number of hydrogen-bond acceptors (Lipinski definition) is 5. The molecule has 1 atom stereocenters. The minimum absolute atomic E-state index is 0.0606. The molecule has 0 spiro atoms. The Kier molecular flexibility index (Phi) is 10.3. The van der Waals surface area contributed by atoms with Crippen LogP contribution in [0.5, 0.6) is 11.5 Å². The fourth-order valence-electron chi connectivity index (χ4n) is 4.35. The Morgan fingerprint density at radius 1 is 0.786 bits per heavy atom. The topological polar surface area (TPSA) is 85.9 Å². The summed E-state index contributed by atoms with van der Waals surface area (Å²) in [7, 11) is 0. The highest BCUT2D eigenvalue weighted by Gasteiger charge is 2.39. The van der Waals surface area contributed by atoms with Gasteiger partial charge >= 0.3 is 24.7 Å². The first-order valence-corrected chi connectivity index (χ1v) is 12.7. The maximum atomic E-state index is 13.4. The number of ether oxygens (including phenoxy) is 3. The van der Waals surface area contributed by atoms with Gasteiger partial charge in [0.1, 0.15) is 11.5 Å². The van der Waals surface area contributed by atoms with Crippen molar-refractivity contribution < 1.29 is 50.1 Å². The summed E-state index contributed by atoms with van der Waals surface area (Å²) < 4.78 is 91.7. The molecule has 226 valence electrons. The van der Waals surface area contributed by atoms with Crippen molar-refractivity contribution in [1.82, 2.24) is 10.6 Å². The van der Waals surface area contributed by atoms with Gasteiger partial charge in [0.15, 0.2) is 0 Å². The summed E-state index contributed by atoms with van der Waals surface area (Å²) in [4.78, 5) is 25.3. The summed E-state index contributed by atoms with van der Waals surface area (Å²) in [6.45, 7) is 3.28. The van der Waals surface area contributed by atoms with Crippen LogP contribution in [0.3, 0.4) is 0 Å². The van der Waals surface area contributed by atoms with Gasteiger partial charge in [0.05, 0.1) is 18.6 Å². The highest BCUT2D eigenvalue weighted by atomic mass is 19.4. The molecule has 0 heterocycles. The van der Waals surface area contributed by atoms with E-state index in [1.807, 2.05) is 0 Å². The second kappa shape index (κ2) is 13.5. The van der Waals surface area contributed by atoms with Crippen molar-refractivity contribution in [1.29, 1.82) is 0 Å². The van der Waals surface area contributed by atoms with E-state index in [0.29, 0.717) is 5.56 Å². The maximum Gasteiger partial charge on any atom is 0.573 e. The molecule has 0 aliphatic carbocycles. The third-order valence-electron chi connectivity index (χ3n) is 5.92. The average Bonchev–Trinajstić information content (AvgIpc) is 2.87. The molecule has 0 bridgehead atoms. The van der Waals surface area contributed by atoms with E-state index in [-0.39, 0.29) is 30.6 Å². The van der Waals surface area contributed by atoms with Gasteiger partial charge in [-0.1, -0.05) is 54.6 Å². The van der Waals surface area contributed by atoms with E-state index >= 15 is 0 Å². The van der Waals surface area contributed by atoms with Crippen molar-refractivity contribution in [3.8, 4) is 11.5 Å². The molecule has 7 nitrogen and oxygen atoms in total. The first-order valence-electron chi connectivity index (χ1n) is 12.7. The number of carbonyl (C=O) groups is 2. The van der Waals surface area contributed by atoms with Crippen LogP contribution in [0, 0.1) is 0 Å². The molecule has 0 radical (unpaired) electrons. The molecule has 0 fully saturated rings. The van der Waals surface area contributed by atoms with Crippen molar-refractivity contribution in [2.45, 2.75) is 51.0 Å². The summed E-state index contributed by atoms with van der Waals surface area (Å²) in [5.41, 5.74) is -1.05. The zero-order chi connectivity index (χ0) is 31.0. The number of alkyl halides is 6. The normalized spacial score (nSPS) is 12.7. The van der Waals surface area contributed by atoms with Gasteiger partial charge in [-0.25, -0.2) is 4.79 Å². The van der Waals surface area contributed by atoms with Gasteiger partial charge in [-0.15, -0.1) is 26.3 Å². The Morgan fingerprint density at radius 3 is 1.79 bits per heavy atom. The van der Waals surface area contributed by atoms with Gasteiger partial charge in [-0.2, -0.15) is 0 Å². The van der Waals surface area contributed by atoms with Gasteiger partial charge in [-0.05, 0) is 54.8 Å². The van der Waals surface area contributed by atoms with E-state index < -0.39 is 47.8 Å². The lowest BCUT2D eigenvalue weighted by atomic mass is 9.77. The second-order valence-corrected chi connectivity index (χ2v) is 9.23. The molecule has 1 unspecified atom stereocenters. The predicted molar refractivity (Wildman–Crippen MR) is 140 cm³/mol. The van der Waals surface area contributed by atoms with Crippen LogP contribution >= 0.6 is 0 Å². The van der Waals surface area contributed by atoms with Crippen LogP contribution in [0.2, 0.25) is 0 Å². The van der Waals surface area contributed by atoms with E-state index in [0.717, 1.165) is 24.3 Å². The number of amides is 2. The van der Waals surface area contributed by atoms with Crippen LogP contribution in [0.15, 0.2) is 78.9 Å². The lowest BCUT2D eigenvalue weighted by Gasteiger charge is -2.37. The van der Waals surface area contributed by atoms with E-state index in [1.165, 1.54) is 31.2 Å². The number of halogens is 6. The van der Waals surface area contributed by atoms with Crippen molar-refractivity contribution in [3.05, 3.63) is 95.6 Å². The number of carbonyl (C=O) groups excluding carboxylic acids is 2. The molecule has 0 aliphatic heterocycles. The zero-order valence-electron chi connectivity index (χ0n) is 22.5. The number of urea groups is 1. The Morgan fingerprint density at radius 2 is 1.31 bits per heavy atom. The molecular weight excluding hydrogens is 570 g/mol. The van der Waals surface area contributed by atoms with Crippen molar-refractivity contribution in [2.24, 2.45) is 0 Å². The van der Waals surface area contributed by atoms with Crippen LogP contribution in [-0.2, 0) is 21.5 Å². The average molecular weight is 599 g/mol. The lowest BCUT2D eigenvalue weighted by molar-refractivity contribution is -0.275. The minimum atomic E-state index is -5.03. The molecule has 2 N–H and O–H groups in total. The number of esters is 1. The van der Waals surface area contributed by atoms with Gasteiger partial charge in [0.25, 0.3) is 0 Å². The van der Waals surface area contributed by atoms with Crippen LogP contribution in [0.25, 0.3) is 0 Å². The van der Waals surface area contributed by atoms with E-state index in [9.17, 15) is 35.9 Å². The first kappa shape index (κ1) is 32.1. The molecule has 3 aromatic carbocycles. The Balaban J connectivity index is 2.17. The number of hydrogen-bond donors (Lipinski definition) is 2. The monoisotopic (exact) mass is 598 g/mol. The summed E-state index contributed by atoms with van der Waals surface area (Å²) in [5, 5.41) is 5.33. The number of rotatable bonds is 11. The number of nitrogens with one attached hydrogen (secondary N) is 2. The second-order valence-electron chi connectivity index (χ2n) is 9.23. The van der Waals surface area contributed by atoms with E-state index in [2.05, 4.69) is 20.1 Å². The first-order chi connectivity index (χ1) is 19.7. The number of benzene rings is 3. The van der Waals surface area contributed by atoms with Gasteiger partial charge in [0, 0.05) is 12.5 Å². The van der Waals surface area contributed by atoms with Crippen LogP contribution < -0.4 is 20.1 Å². The summed E-state index contributed by atoms with van der Waals surface area (Å²) in [6, 6.07) is 16.4. The van der Waals surface area contributed by atoms with Crippen LogP contribution in [-0.4, -0.2) is 37.4 Å². The van der Waals surface area contributed by atoms with Crippen molar-refractivity contribution >= 4 is 12.0 Å². The third kappa shape index (κ3) is 9.60. The molecule has 0 aromatic heterocycles. The molecule has 0 aliphatic rings. The Labute approximate surface area is 237 Å². The van der Waals surface area contributed by atoms with Crippen LogP contribution in [0.4, 0.5) is 31.1 Å². The molecule has 0 saturated carbocycles. The largest absolute Gasteiger partial charge is 0.573 e. The fourth-order valence-corrected chi connectivity index (χ4v) is 4.35. The van der Waals surface area contributed by atoms with Crippen LogP contribution in [0.1, 0.15) is 37.0 Å².